The Morgan fingerprint density at radius 1 is 1.38 bits per heavy atom. The van der Waals surface area contributed by atoms with E-state index in [1.165, 1.54) is 6.26 Å². The van der Waals surface area contributed by atoms with Gasteiger partial charge in [0.25, 0.3) is 0 Å². The van der Waals surface area contributed by atoms with E-state index in [0.29, 0.717) is 11.3 Å². The van der Waals surface area contributed by atoms with E-state index in [1.54, 1.807) is 30.6 Å². The lowest BCUT2D eigenvalue weighted by atomic mass is 10.1. The van der Waals surface area contributed by atoms with Crippen LogP contribution in [0.2, 0.25) is 0 Å². The molecule has 0 aliphatic heterocycles. The van der Waals surface area contributed by atoms with Gasteiger partial charge >= 0.3 is 0 Å². The average Bonchev–Trinajstić information content (AvgIpc) is 2.71. The second-order valence-corrected chi connectivity index (χ2v) is 2.61. The normalized spacial score (nSPS) is 12.7. The van der Waals surface area contributed by atoms with Gasteiger partial charge in [0.15, 0.2) is 0 Å². The van der Waals surface area contributed by atoms with Crippen molar-refractivity contribution in [1.82, 2.24) is 10.1 Å². The van der Waals surface area contributed by atoms with Gasteiger partial charge in [-0.3, -0.25) is 4.98 Å². The summed E-state index contributed by atoms with van der Waals surface area (Å²) in [6, 6.07) is 5.17. The Kier molecular flexibility index (Phi) is 2.06. The molecule has 1 N–H and O–H groups in total. The molecule has 0 aliphatic rings. The van der Waals surface area contributed by atoms with Gasteiger partial charge in [-0.15, -0.1) is 0 Å². The molecule has 0 fully saturated rings. The third kappa shape index (κ3) is 1.57. The van der Waals surface area contributed by atoms with E-state index in [-0.39, 0.29) is 0 Å². The highest BCUT2D eigenvalue weighted by molar-refractivity contribution is 5.20. The van der Waals surface area contributed by atoms with Crippen LogP contribution in [0.25, 0.3) is 0 Å². The lowest BCUT2D eigenvalue weighted by Crippen LogP contribution is -1.99. The largest absolute Gasteiger partial charge is 0.382 e. The van der Waals surface area contributed by atoms with Crippen molar-refractivity contribution in [2.75, 3.05) is 0 Å². The van der Waals surface area contributed by atoms with Crippen molar-refractivity contribution < 1.29 is 9.63 Å². The molecule has 13 heavy (non-hydrogen) atoms. The maximum absolute atomic E-state index is 9.72. The van der Waals surface area contributed by atoms with Crippen LogP contribution in [0.15, 0.2) is 41.4 Å². The maximum Gasteiger partial charge on any atom is 0.126 e. The summed E-state index contributed by atoms with van der Waals surface area (Å²) in [5, 5.41) is 13.4. The Labute approximate surface area is 74.8 Å². The number of aliphatic hydroxyl groups excluding tert-OH is 1. The van der Waals surface area contributed by atoms with Crippen LogP contribution in [0.3, 0.4) is 0 Å². The molecular weight excluding hydrogens is 168 g/mol. The topological polar surface area (TPSA) is 59.2 Å². The predicted molar refractivity (Wildman–Crippen MR) is 44.8 cm³/mol. The molecule has 4 heteroatoms. The first-order valence-electron chi connectivity index (χ1n) is 3.86. The standard InChI is InChI=1S/C9H8N2O2/c12-9(8-3-5-13-11-8)7-2-1-4-10-6-7/h1-6,9,12H. The highest BCUT2D eigenvalue weighted by Crippen LogP contribution is 2.18. The minimum absolute atomic E-state index is 0.494. The van der Waals surface area contributed by atoms with E-state index >= 15 is 0 Å². The van der Waals surface area contributed by atoms with Crippen molar-refractivity contribution in [2.24, 2.45) is 0 Å². The zero-order valence-corrected chi connectivity index (χ0v) is 6.79. The molecule has 2 aromatic rings. The summed E-state index contributed by atoms with van der Waals surface area (Å²) in [6.07, 6.45) is 3.92. The van der Waals surface area contributed by atoms with Gasteiger partial charge in [-0.2, -0.15) is 0 Å². The van der Waals surface area contributed by atoms with E-state index < -0.39 is 6.10 Å². The van der Waals surface area contributed by atoms with Crippen molar-refractivity contribution in [3.63, 3.8) is 0 Å². The minimum Gasteiger partial charge on any atom is -0.382 e. The van der Waals surface area contributed by atoms with Crippen LogP contribution in [0.1, 0.15) is 17.4 Å². The van der Waals surface area contributed by atoms with Crippen LogP contribution >= 0.6 is 0 Å². The monoisotopic (exact) mass is 176 g/mol. The van der Waals surface area contributed by atoms with Crippen LogP contribution in [0, 0.1) is 0 Å². The number of hydrogen-bond donors (Lipinski definition) is 1. The fourth-order valence-corrected chi connectivity index (χ4v) is 1.07. The summed E-state index contributed by atoms with van der Waals surface area (Å²) < 4.78 is 4.63. The summed E-state index contributed by atoms with van der Waals surface area (Å²) in [4.78, 5) is 3.90. The summed E-state index contributed by atoms with van der Waals surface area (Å²) in [5.74, 6) is 0. The molecule has 0 bridgehead atoms. The lowest BCUT2D eigenvalue weighted by molar-refractivity contribution is 0.208. The molecule has 0 saturated heterocycles. The molecule has 0 amide bonds. The average molecular weight is 176 g/mol. The van der Waals surface area contributed by atoms with Crippen LogP contribution in [-0.2, 0) is 0 Å². The van der Waals surface area contributed by atoms with Crippen molar-refractivity contribution in [2.45, 2.75) is 6.10 Å². The van der Waals surface area contributed by atoms with Crippen molar-refractivity contribution >= 4 is 0 Å². The second kappa shape index (κ2) is 3.37. The third-order valence-corrected chi connectivity index (χ3v) is 1.74. The third-order valence-electron chi connectivity index (χ3n) is 1.74. The van der Waals surface area contributed by atoms with Gasteiger partial charge < -0.3 is 9.63 Å². The zero-order valence-electron chi connectivity index (χ0n) is 6.79. The first-order chi connectivity index (χ1) is 6.38. The van der Waals surface area contributed by atoms with Gasteiger partial charge in [0.05, 0.1) is 0 Å². The molecule has 2 heterocycles. The number of pyridine rings is 1. The highest BCUT2D eigenvalue weighted by atomic mass is 16.5. The van der Waals surface area contributed by atoms with E-state index in [2.05, 4.69) is 14.7 Å². The number of hydrogen-bond acceptors (Lipinski definition) is 4. The summed E-state index contributed by atoms with van der Waals surface area (Å²) >= 11 is 0. The van der Waals surface area contributed by atoms with E-state index in [1.807, 2.05) is 0 Å². The Bertz CT molecular complexity index is 358. The molecule has 1 atom stereocenters. The fraction of sp³-hybridized carbons (Fsp3) is 0.111. The SMILES string of the molecule is OC(c1cccnc1)c1ccon1. The van der Waals surface area contributed by atoms with Crippen LogP contribution in [-0.4, -0.2) is 15.2 Å². The molecule has 4 nitrogen and oxygen atoms in total. The highest BCUT2D eigenvalue weighted by Gasteiger charge is 2.12. The first kappa shape index (κ1) is 7.94. The van der Waals surface area contributed by atoms with Crippen molar-refractivity contribution in [1.29, 1.82) is 0 Å². The molecule has 1 unspecified atom stereocenters. The minimum atomic E-state index is -0.757. The van der Waals surface area contributed by atoms with Crippen LogP contribution < -0.4 is 0 Å². The molecule has 0 spiro atoms. The van der Waals surface area contributed by atoms with Crippen molar-refractivity contribution in [3.05, 3.63) is 48.1 Å². The van der Waals surface area contributed by atoms with Gasteiger partial charge in [0, 0.05) is 24.0 Å². The van der Waals surface area contributed by atoms with Crippen LogP contribution in [0.4, 0.5) is 0 Å². The fourth-order valence-electron chi connectivity index (χ4n) is 1.07. The molecule has 66 valence electrons. The lowest BCUT2D eigenvalue weighted by Gasteiger charge is -2.05. The molecule has 0 saturated carbocycles. The Balaban J connectivity index is 2.29. The molecule has 2 rings (SSSR count). The zero-order chi connectivity index (χ0) is 9.10. The molecule has 0 radical (unpaired) electrons. The Morgan fingerprint density at radius 3 is 2.92 bits per heavy atom. The van der Waals surface area contributed by atoms with Gasteiger partial charge in [-0.05, 0) is 6.07 Å². The first-order valence-corrected chi connectivity index (χ1v) is 3.86. The summed E-state index contributed by atoms with van der Waals surface area (Å²) in [7, 11) is 0. The van der Waals surface area contributed by atoms with E-state index in [0.717, 1.165) is 0 Å². The summed E-state index contributed by atoms with van der Waals surface area (Å²) in [6.45, 7) is 0. The van der Waals surface area contributed by atoms with Crippen LogP contribution in [0.5, 0.6) is 0 Å². The predicted octanol–water partition coefficient (Wildman–Crippen LogP) is 1.15. The molecule has 0 aliphatic carbocycles. The van der Waals surface area contributed by atoms with Crippen molar-refractivity contribution in [3.8, 4) is 0 Å². The second-order valence-electron chi connectivity index (χ2n) is 2.61. The quantitative estimate of drug-likeness (QED) is 0.745. The molecule has 0 aromatic carbocycles. The number of aliphatic hydroxyl groups is 1. The molecular formula is C9H8N2O2. The molecule has 2 aromatic heterocycles. The Hall–Kier alpha value is -1.68. The van der Waals surface area contributed by atoms with E-state index in [4.69, 9.17) is 0 Å². The number of rotatable bonds is 2. The van der Waals surface area contributed by atoms with Gasteiger partial charge in [0.2, 0.25) is 0 Å². The maximum atomic E-state index is 9.72. The van der Waals surface area contributed by atoms with Gasteiger partial charge in [0.1, 0.15) is 18.1 Å². The van der Waals surface area contributed by atoms with Gasteiger partial charge in [-0.1, -0.05) is 11.2 Å². The number of nitrogens with zero attached hydrogens (tertiary/aromatic N) is 2. The van der Waals surface area contributed by atoms with Gasteiger partial charge in [-0.25, -0.2) is 0 Å². The smallest absolute Gasteiger partial charge is 0.126 e. The van der Waals surface area contributed by atoms with E-state index in [9.17, 15) is 5.11 Å². The Morgan fingerprint density at radius 2 is 2.31 bits per heavy atom. The summed E-state index contributed by atoms with van der Waals surface area (Å²) in [5.41, 5.74) is 1.20. The number of aromatic nitrogens is 2.